The number of hydrogen-bond donors (Lipinski definition) is 0. The van der Waals surface area contributed by atoms with Gasteiger partial charge < -0.3 is 4.90 Å². The van der Waals surface area contributed by atoms with E-state index in [2.05, 4.69) is 4.98 Å². The van der Waals surface area contributed by atoms with Crippen LogP contribution in [0.3, 0.4) is 0 Å². The molecule has 3 rings (SSSR count). The Morgan fingerprint density at radius 2 is 1.54 bits per heavy atom. The Kier molecular flexibility index (Phi) is 4.71. The number of aromatic nitrogens is 1. The lowest BCUT2D eigenvalue weighted by Gasteiger charge is -2.37. The Labute approximate surface area is 139 Å². The molecule has 24 heavy (non-hydrogen) atoms. The maximum Gasteiger partial charge on any atom is 0.419 e. The van der Waals surface area contributed by atoms with Crippen molar-refractivity contribution in [2.45, 2.75) is 19.0 Å². The molecule has 2 saturated heterocycles. The molecule has 0 aromatic carbocycles. The van der Waals surface area contributed by atoms with E-state index in [0.717, 1.165) is 18.9 Å². The highest BCUT2D eigenvalue weighted by Crippen LogP contribution is 2.35. The molecule has 1 aromatic heterocycles. The highest BCUT2D eigenvalue weighted by atomic mass is 32.2. The normalized spacial score (nSPS) is 21.4. The molecule has 10 heteroatoms. The van der Waals surface area contributed by atoms with Crippen LogP contribution in [-0.2, 0) is 16.4 Å². The molecule has 0 atom stereocenters. The summed E-state index contributed by atoms with van der Waals surface area (Å²) in [5.74, 6) is -0.136. The number of halogens is 3. The standard InChI is InChI=1S/C14H19F3N4O2S/c15-14(16,17)12-4-3-5-18-13(12)19-8-10-21(11-9-19)24(22,23)20-6-1-2-7-20/h3-5H,1-2,6-11H2. The quantitative estimate of drug-likeness (QED) is 0.817. The molecular weight excluding hydrogens is 345 g/mol. The first-order valence-electron chi connectivity index (χ1n) is 7.82. The highest BCUT2D eigenvalue weighted by molar-refractivity contribution is 7.86. The number of rotatable bonds is 3. The fraction of sp³-hybridized carbons (Fsp3) is 0.643. The number of anilines is 1. The average molecular weight is 364 g/mol. The highest BCUT2D eigenvalue weighted by Gasteiger charge is 2.38. The van der Waals surface area contributed by atoms with Gasteiger partial charge in [-0.3, -0.25) is 0 Å². The van der Waals surface area contributed by atoms with Gasteiger partial charge in [-0.15, -0.1) is 0 Å². The molecule has 0 radical (unpaired) electrons. The molecule has 1 aromatic rings. The third-order valence-electron chi connectivity index (χ3n) is 4.35. The van der Waals surface area contributed by atoms with Crippen LogP contribution in [0.15, 0.2) is 18.3 Å². The molecular formula is C14H19F3N4O2S. The Bertz CT molecular complexity index is 682. The molecule has 2 aliphatic heterocycles. The zero-order valence-corrected chi connectivity index (χ0v) is 13.9. The topological polar surface area (TPSA) is 56.8 Å². The third kappa shape index (κ3) is 3.35. The molecule has 0 bridgehead atoms. The van der Waals surface area contributed by atoms with E-state index in [-0.39, 0.29) is 32.0 Å². The number of piperazine rings is 1. The first-order valence-corrected chi connectivity index (χ1v) is 9.22. The summed E-state index contributed by atoms with van der Waals surface area (Å²) < 4.78 is 67.1. The predicted molar refractivity (Wildman–Crippen MR) is 82.8 cm³/mol. The summed E-state index contributed by atoms with van der Waals surface area (Å²) in [6.07, 6.45) is -1.47. The van der Waals surface area contributed by atoms with Crippen LogP contribution in [0, 0.1) is 0 Å². The molecule has 2 fully saturated rings. The summed E-state index contributed by atoms with van der Waals surface area (Å²) in [4.78, 5) is 5.36. The second kappa shape index (κ2) is 6.49. The van der Waals surface area contributed by atoms with Crippen molar-refractivity contribution in [3.63, 3.8) is 0 Å². The fourth-order valence-electron chi connectivity index (χ4n) is 3.08. The average Bonchev–Trinajstić information content (AvgIpc) is 3.09. The van der Waals surface area contributed by atoms with Crippen molar-refractivity contribution in [1.82, 2.24) is 13.6 Å². The second-order valence-corrected chi connectivity index (χ2v) is 7.80. The van der Waals surface area contributed by atoms with Crippen LogP contribution in [0.2, 0.25) is 0 Å². The van der Waals surface area contributed by atoms with Crippen molar-refractivity contribution >= 4 is 16.0 Å². The summed E-state index contributed by atoms with van der Waals surface area (Å²) in [5, 5.41) is 0. The van der Waals surface area contributed by atoms with Gasteiger partial charge in [0, 0.05) is 45.5 Å². The summed E-state index contributed by atoms with van der Waals surface area (Å²) in [6, 6.07) is 2.25. The Morgan fingerprint density at radius 3 is 2.12 bits per heavy atom. The van der Waals surface area contributed by atoms with Gasteiger partial charge in [-0.25, -0.2) is 4.98 Å². The molecule has 6 nitrogen and oxygen atoms in total. The van der Waals surface area contributed by atoms with E-state index in [0.29, 0.717) is 13.1 Å². The molecule has 3 heterocycles. The summed E-state index contributed by atoms with van der Waals surface area (Å²) in [6.45, 7) is 1.72. The summed E-state index contributed by atoms with van der Waals surface area (Å²) >= 11 is 0. The van der Waals surface area contributed by atoms with Crippen molar-refractivity contribution < 1.29 is 21.6 Å². The van der Waals surface area contributed by atoms with E-state index in [4.69, 9.17) is 0 Å². The number of alkyl halides is 3. The Morgan fingerprint density at radius 1 is 0.958 bits per heavy atom. The van der Waals surface area contributed by atoms with E-state index < -0.39 is 21.9 Å². The fourth-order valence-corrected chi connectivity index (χ4v) is 4.75. The summed E-state index contributed by atoms with van der Waals surface area (Å²) in [7, 11) is -3.51. The van der Waals surface area contributed by atoms with Crippen LogP contribution in [0.25, 0.3) is 0 Å². The van der Waals surface area contributed by atoms with Crippen molar-refractivity contribution in [3.8, 4) is 0 Å². The van der Waals surface area contributed by atoms with E-state index in [1.807, 2.05) is 0 Å². The maximum absolute atomic E-state index is 13.1. The van der Waals surface area contributed by atoms with Crippen molar-refractivity contribution in [2.24, 2.45) is 0 Å². The third-order valence-corrected chi connectivity index (χ3v) is 6.38. The van der Waals surface area contributed by atoms with Crippen LogP contribution in [0.1, 0.15) is 18.4 Å². The number of nitrogens with zero attached hydrogens (tertiary/aromatic N) is 4. The van der Waals surface area contributed by atoms with Crippen molar-refractivity contribution in [2.75, 3.05) is 44.2 Å². The van der Waals surface area contributed by atoms with Crippen LogP contribution in [0.5, 0.6) is 0 Å². The van der Waals surface area contributed by atoms with Gasteiger partial charge in [-0.2, -0.15) is 30.2 Å². The first kappa shape index (κ1) is 17.4. The lowest BCUT2D eigenvalue weighted by atomic mass is 10.2. The zero-order valence-electron chi connectivity index (χ0n) is 13.0. The molecule has 0 spiro atoms. The van der Waals surface area contributed by atoms with Crippen LogP contribution in [-0.4, -0.2) is 61.3 Å². The smallest absolute Gasteiger partial charge is 0.353 e. The molecule has 134 valence electrons. The number of hydrogen-bond acceptors (Lipinski definition) is 4. The van der Waals surface area contributed by atoms with Crippen LogP contribution < -0.4 is 4.90 Å². The monoisotopic (exact) mass is 364 g/mol. The Balaban J connectivity index is 1.72. The molecule has 0 amide bonds. The van der Waals surface area contributed by atoms with Gasteiger partial charge >= 0.3 is 6.18 Å². The van der Waals surface area contributed by atoms with Crippen molar-refractivity contribution in [1.29, 1.82) is 0 Å². The van der Waals surface area contributed by atoms with Crippen LogP contribution >= 0.6 is 0 Å². The molecule has 0 saturated carbocycles. The van der Waals surface area contributed by atoms with Gasteiger partial charge in [0.05, 0.1) is 5.56 Å². The second-order valence-electron chi connectivity index (χ2n) is 5.87. The predicted octanol–water partition coefficient (Wildman–Crippen LogP) is 1.56. The lowest BCUT2D eigenvalue weighted by Crippen LogP contribution is -2.53. The molecule has 0 unspecified atom stereocenters. The largest absolute Gasteiger partial charge is 0.419 e. The van der Waals surface area contributed by atoms with E-state index >= 15 is 0 Å². The van der Waals surface area contributed by atoms with Gasteiger partial charge in [0.15, 0.2) is 0 Å². The van der Waals surface area contributed by atoms with E-state index in [1.54, 1.807) is 0 Å². The van der Waals surface area contributed by atoms with Gasteiger partial charge in [-0.05, 0) is 25.0 Å². The summed E-state index contributed by atoms with van der Waals surface area (Å²) in [5.41, 5.74) is -0.791. The molecule has 0 aliphatic carbocycles. The van der Waals surface area contributed by atoms with Crippen LogP contribution in [0.4, 0.5) is 19.0 Å². The molecule has 0 N–H and O–H groups in total. The van der Waals surface area contributed by atoms with Gasteiger partial charge in [0.2, 0.25) is 0 Å². The lowest BCUT2D eigenvalue weighted by molar-refractivity contribution is -0.137. The minimum absolute atomic E-state index is 0.136. The first-order chi connectivity index (χ1) is 11.3. The zero-order chi connectivity index (χ0) is 17.4. The van der Waals surface area contributed by atoms with Gasteiger partial charge in [-0.1, -0.05) is 0 Å². The number of pyridine rings is 1. The van der Waals surface area contributed by atoms with E-state index in [9.17, 15) is 21.6 Å². The maximum atomic E-state index is 13.1. The van der Waals surface area contributed by atoms with Gasteiger partial charge in [0.1, 0.15) is 5.82 Å². The minimum Gasteiger partial charge on any atom is -0.353 e. The Hall–Kier alpha value is -1.39. The van der Waals surface area contributed by atoms with Crippen molar-refractivity contribution in [3.05, 3.63) is 23.9 Å². The molecule has 2 aliphatic rings. The SMILES string of the molecule is O=S(=O)(N1CCCC1)N1CCN(c2ncccc2C(F)(F)F)CC1. The van der Waals surface area contributed by atoms with E-state index in [1.165, 1.54) is 25.8 Å². The minimum atomic E-state index is -4.48. The van der Waals surface area contributed by atoms with Gasteiger partial charge in [0.25, 0.3) is 10.2 Å².